The third kappa shape index (κ3) is 3.34. The Bertz CT molecular complexity index is 1130. The maximum atomic E-state index is 4.73. The number of pyridine rings is 1. The molecule has 0 atom stereocenters. The van der Waals surface area contributed by atoms with Crippen LogP contribution in [-0.2, 0) is 0 Å². The lowest BCUT2D eigenvalue weighted by molar-refractivity contribution is 0.643. The molecular weight excluding hydrogens is 378 g/mol. The van der Waals surface area contributed by atoms with Crippen molar-refractivity contribution in [3.05, 3.63) is 65.4 Å². The molecule has 0 aliphatic carbocycles. The molecule has 5 nitrogen and oxygen atoms in total. The molecule has 0 saturated carbocycles. The highest BCUT2D eigenvalue weighted by molar-refractivity contribution is 7.19. The third-order valence-electron chi connectivity index (χ3n) is 5.54. The first kappa shape index (κ1) is 18.1. The third-order valence-corrected chi connectivity index (χ3v) is 6.55. The first-order chi connectivity index (χ1) is 14.2. The Morgan fingerprint density at radius 3 is 2.31 bits per heavy atom. The highest BCUT2D eigenvalue weighted by Crippen LogP contribution is 2.41. The Kier molecular flexibility index (Phi) is 4.64. The number of nitrogens with zero attached hydrogens (tertiary/aromatic N) is 5. The predicted octanol–water partition coefficient (Wildman–Crippen LogP) is 4.70. The SMILES string of the molecule is Cc1ccc(-c2c(C)sc3ncnc(N4CCN(c5ccccn5)CC4)c23)cc1. The number of hydrogen-bond acceptors (Lipinski definition) is 6. The number of piperazine rings is 1. The minimum atomic E-state index is 0.922. The van der Waals surface area contributed by atoms with Gasteiger partial charge in [0.2, 0.25) is 0 Å². The van der Waals surface area contributed by atoms with Crippen LogP contribution in [-0.4, -0.2) is 41.1 Å². The summed E-state index contributed by atoms with van der Waals surface area (Å²) in [5.41, 5.74) is 3.78. The number of benzene rings is 1. The van der Waals surface area contributed by atoms with Gasteiger partial charge in [0, 0.05) is 42.8 Å². The fraction of sp³-hybridized carbons (Fsp3) is 0.261. The van der Waals surface area contributed by atoms with Gasteiger partial charge in [0.15, 0.2) is 0 Å². The number of thiophene rings is 1. The number of anilines is 2. The van der Waals surface area contributed by atoms with Crippen molar-refractivity contribution in [1.29, 1.82) is 0 Å². The van der Waals surface area contributed by atoms with E-state index in [1.807, 2.05) is 18.3 Å². The molecule has 0 N–H and O–H groups in total. The zero-order chi connectivity index (χ0) is 19.8. The van der Waals surface area contributed by atoms with Crippen LogP contribution in [0.25, 0.3) is 21.3 Å². The molecule has 1 saturated heterocycles. The Balaban J connectivity index is 1.50. The lowest BCUT2D eigenvalue weighted by atomic mass is 10.0. The molecule has 0 radical (unpaired) electrons. The van der Waals surface area contributed by atoms with Gasteiger partial charge in [-0.25, -0.2) is 15.0 Å². The molecule has 1 aliphatic rings. The number of hydrogen-bond donors (Lipinski definition) is 0. The van der Waals surface area contributed by atoms with E-state index < -0.39 is 0 Å². The van der Waals surface area contributed by atoms with Gasteiger partial charge in [-0.05, 0) is 31.5 Å². The summed E-state index contributed by atoms with van der Waals surface area (Å²) in [4.78, 5) is 20.9. The average molecular weight is 402 g/mol. The molecule has 3 aromatic heterocycles. The van der Waals surface area contributed by atoms with Gasteiger partial charge in [-0.3, -0.25) is 0 Å². The number of aryl methyl sites for hydroxylation is 2. The van der Waals surface area contributed by atoms with E-state index in [2.05, 4.69) is 63.9 Å². The van der Waals surface area contributed by atoms with Gasteiger partial charge in [0.25, 0.3) is 0 Å². The molecule has 1 fully saturated rings. The lowest BCUT2D eigenvalue weighted by Crippen LogP contribution is -2.47. The maximum absolute atomic E-state index is 4.73. The van der Waals surface area contributed by atoms with Gasteiger partial charge in [-0.2, -0.15) is 0 Å². The van der Waals surface area contributed by atoms with Crippen LogP contribution in [0.1, 0.15) is 10.4 Å². The highest BCUT2D eigenvalue weighted by Gasteiger charge is 2.24. The van der Waals surface area contributed by atoms with E-state index in [-0.39, 0.29) is 0 Å². The molecule has 0 spiro atoms. The fourth-order valence-corrected chi connectivity index (χ4v) is 5.03. The van der Waals surface area contributed by atoms with E-state index in [0.29, 0.717) is 0 Å². The van der Waals surface area contributed by atoms with Crippen LogP contribution in [0.5, 0.6) is 0 Å². The largest absolute Gasteiger partial charge is 0.353 e. The van der Waals surface area contributed by atoms with E-state index in [9.17, 15) is 0 Å². The van der Waals surface area contributed by atoms with Gasteiger partial charge < -0.3 is 9.80 Å². The second kappa shape index (κ2) is 7.44. The van der Waals surface area contributed by atoms with Gasteiger partial charge in [-0.15, -0.1) is 11.3 Å². The summed E-state index contributed by atoms with van der Waals surface area (Å²) >= 11 is 1.76. The van der Waals surface area contributed by atoms with Crippen molar-refractivity contribution in [1.82, 2.24) is 15.0 Å². The van der Waals surface area contributed by atoms with Gasteiger partial charge in [0.05, 0.1) is 5.39 Å². The summed E-state index contributed by atoms with van der Waals surface area (Å²) in [6.45, 7) is 8.02. The molecule has 1 aliphatic heterocycles. The summed E-state index contributed by atoms with van der Waals surface area (Å²) in [6, 6.07) is 14.9. The summed E-state index contributed by atoms with van der Waals surface area (Å²) < 4.78 is 0. The van der Waals surface area contributed by atoms with Crippen LogP contribution in [0.3, 0.4) is 0 Å². The molecule has 0 unspecified atom stereocenters. The summed E-state index contributed by atoms with van der Waals surface area (Å²) in [5.74, 6) is 2.10. The van der Waals surface area contributed by atoms with Crippen molar-refractivity contribution in [2.75, 3.05) is 36.0 Å². The average Bonchev–Trinajstić information content (AvgIpc) is 3.11. The topological polar surface area (TPSA) is 45.2 Å². The monoisotopic (exact) mass is 401 g/mol. The van der Waals surface area contributed by atoms with Crippen LogP contribution in [0.2, 0.25) is 0 Å². The van der Waals surface area contributed by atoms with Crippen LogP contribution >= 0.6 is 11.3 Å². The zero-order valence-electron chi connectivity index (χ0n) is 16.7. The lowest BCUT2D eigenvalue weighted by Gasteiger charge is -2.36. The number of rotatable bonds is 3. The summed E-state index contributed by atoms with van der Waals surface area (Å²) in [5, 5.41) is 1.19. The van der Waals surface area contributed by atoms with Crippen LogP contribution < -0.4 is 9.80 Å². The highest BCUT2D eigenvalue weighted by atomic mass is 32.1. The van der Waals surface area contributed by atoms with E-state index >= 15 is 0 Å². The first-order valence-electron chi connectivity index (χ1n) is 9.93. The molecule has 29 heavy (non-hydrogen) atoms. The summed E-state index contributed by atoms with van der Waals surface area (Å²) in [6.07, 6.45) is 3.56. The minimum absolute atomic E-state index is 0.922. The van der Waals surface area contributed by atoms with Crippen molar-refractivity contribution in [3.8, 4) is 11.1 Å². The quantitative estimate of drug-likeness (QED) is 0.498. The molecule has 4 aromatic rings. The Morgan fingerprint density at radius 1 is 0.828 bits per heavy atom. The fourth-order valence-electron chi connectivity index (χ4n) is 4.02. The van der Waals surface area contributed by atoms with E-state index in [1.165, 1.54) is 27.0 Å². The molecule has 146 valence electrons. The minimum Gasteiger partial charge on any atom is -0.353 e. The van der Waals surface area contributed by atoms with Crippen molar-refractivity contribution in [3.63, 3.8) is 0 Å². The van der Waals surface area contributed by atoms with Gasteiger partial charge >= 0.3 is 0 Å². The molecule has 4 heterocycles. The first-order valence-corrected chi connectivity index (χ1v) is 10.7. The van der Waals surface area contributed by atoms with Gasteiger partial charge in [-0.1, -0.05) is 35.9 Å². The van der Waals surface area contributed by atoms with E-state index in [1.54, 1.807) is 17.7 Å². The maximum Gasteiger partial charge on any atom is 0.141 e. The van der Waals surface area contributed by atoms with E-state index in [0.717, 1.165) is 42.6 Å². The number of aromatic nitrogens is 3. The Labute approximate surface area is 174 Å². The number of fused-ring (bicyclic) bond motifs is 1. The molecular formula is C23H23N5S. The van der Waals surface area contributed by atoms with Crippen LogP contribution in [0.15, 0.2) is 55.0 Å². The molecule has 1 aromatic carbocycles. The molecule has 0 bridgehead atoms. The second-order valence-corrected chi connectivity index (χ2v) is 8.64. The van der Waals surface area contributed by atoms with Crippen molar-refractivity contribution < 1.29 is 0 Å². The molecule has 0 amide bonds. The van der Waals surface area contributed by atoms with Crippen molar-refractivity contribution >= 4 is 33.2 Å². The Morgan fingerprint density at radius 2 is 1.59 bits per heavy atom. The van der Waals surface area contributed by atoms with Crippen LogP contribution in [0.4, 0.5) is 11.6 Å². The van der Waals surface area contributed by atoms with E-state index in [4.69, 9.17) is 4.98 Å². The zero-order valence-corrected chi connectivity index (χ0v) is 17.5. The second-order valence-electron chi connectivity index (χ2n) is 7.44. The predicted molar refractivity (Wildman–Crippen MR) is 121 cm³/mol. The summed E-state index contributed by atoms with van der Waals surface area (Å²) in [7, 11) is 0. The van der Waals surface area contributed by atoms with Crippen molar-refractivity contribution in [2.45, 2.75) is 13.8 Å². The van der Waals surface area contributed by atoms with Crippen molar-refractivity contribution in [2.24, 2.45) is 0 Å². The normalized spacial score (nSPS) is 14.6. The standard InChI is InChI=1S/C23H23N5S/c1-16-6-8-18(9-7-16)20-17(2)29-23-21(20)22(25-15-26-23)28-13-11-27(12-14-28)19-5-3-4-10-24-19/h3-10,15H,11-14H2,1-2H3. The smallest absolute Gasteiger partial charge is 0.141 e. The van der Waals surface area contributed by atoms with Crippen LogP contribution in [0, 0.1) is 13.8 Å². The Hall–Kier alpha value is -2.99. The molecule has 5 rings (SSSR count). The van der Waals surface area contributed by atoms with Gasteiger partial charge in [0.1, 0.15) is 22.8 Å². The molecule has 6 heteroatoms.